The summed E-state index contributed by atoms with van der Waals surface area (Å²) >= 11 is 8.16. The van der Waals surface area contributed by atoms with Crippen molar-refractivity contribution in [3.8, 4) is 5.75 Å². The smallest absolute Gasteiger partial charge is 0.453 e. The third kappa shape index (κ3) is 5.04. The highest BCUT2D eigenvalue weighted by Crippen LogP contribution is 2.27. The van der Waals surface area contributed by atoms with Gasteiger partial charge in [0.15, 0.2) is 0 Å². The fourth-order valence-electron chi connectivity index (χ4n) is 2.14. The molecule has 0 spiro atoms. The summed E-state index contributed by atoms with van der Waals surface area (Å²) in [7, 11) is 0. The number of halogens is 4. The van der Waals surface area contributed by atoms with Gasteiger partial charge in [-0.1, -0.05) is 40.2 Å². The fraction of sp³-hybridized carbons (Fsp3) is 0.118. The predicted molar refractivity (Wildman–Crippen MR) is 100 cm³/mol. The first-order valence-electron chi connectivity index (χ1n) is 7.59. The van der Waals surface area contributed by atoms with Crippen molar-refractivity contribution in [2.45, 2.75) is 12.8 Å². The van der Waals surface area contributed by atoms with Crippen LogP contribution in [0, 0.1) is 4.77 Å². The van der Waals surface area contributed by atoms with Crippen LogP contribution >= 0.6 is 28.1 Å². The molecule has 0 atom stereocenters. The van der Waals surface area contributed by atoms with E-state index in [-0.39, 0.29) is 4.77 Å². The number of alkyl halides is 3. The maximum Gasteiger partial charge on any atom is 0.453 e. The molecular formula is C17H12BrF3N4OS. The Hall–Kier alpha value is -2.46. The lowest BCUT2D eigenvalue weighted by atomic mass is 10.2. The summed E-state index contributed by atoms with van der Waals surface area (Å²) in [5, 5.41) is 9.04. The highest BCUT2D eigenvalue weighted by molar-refractivity contribution is 9.10. The van der Waals surface area contributed by atoms with E-state index in [2.05, 4.69) is 31.2 Å². The molecule has 0 unspecified atom stereocenters. The third-order valence-corrected chi connectivity index (χ3v) is 4.20. The maximum atomic E-state index is 12.9. The maximum absolute atomic E-state index is 12.9. The molecule has 0 fully saturated rings. The van der Waals surface area contributed by atoms with Crippen molar-refractivity contribution in [2.24, 2.45) is 5.10 Å². The number of H-pyrrole nitrogens is 1. The molecular weight excluding hydrogens is 445 g/mol. The molecule has 0 bridgehead atoms. The Morgan fingerprint density at radius 2 is 1.96 bits per heavy atom. The molecule has 3 aromatic rings. The SMILES string of the molecule is FC(F)(F)c1n[nH]c(=S)n1/N=C/c1cccc(OCc2ccc(Br)cc2)c1. The highest BCUT2D eigenvalue weighted by Gasteiger charge is 2.37. The van der Waals surface area contributed by atoms with Gasteiger partial charge in [-0.05, 0) is 47.6 Å². The van der Waals surface area contributed by atoms with Gasteiger partial charge in [0.25, 0.3) is 5.82 Å². The number of hydrogen-bond acceptors (Lipinski definition) is 4. The Morgan fingerprint density at radius 3 is 2.67 bits per heavy atom. The zero-order chi connectivity index (χ0) is 19.4. The predicted octanol–water partition coefficient (Wildman–Crippen LogP) is 5.18. The van der Waals surface area contributed by atoms with Crippen molar-refractivity contribution in [3.63, 3.8) is 0 Å². The number of benzene rings is 2. The molecule has 0 saturated carbocycles. The lowest BCUT2D eigenvalue weighted by molar-refractivity contribution is -0.147. The summed E-state index contributed by atoms with van der Waals surface area (Å²) in [4.78, 5) is 0. The van der Waals surface area contributed by atoms with Crippen LogP contribution < -0.4 is 4.74 Å². The monoisotopic (exact) mass is 456 g/mol. The molecule has 0 aliphatic rings. The normalized spacial score (nSPS) is 11.9. The molecule has 0 amide bonds. The molecule has 27 heavy (non-hydrogen) atoms. The van der Waals surface area contributed by atoms with Crippen LogP contribution in [-0.4, -0.2) is 21.1 Å². The van der Waals surface area contributed by atoms with Gasteiger partial charge in [-0.15, -0.1) is 5.10 Å². The molecule has 140 valence electrons. The zero-order valence-corrected chi connectivity index (χ0v) is 16.0. The van der Waals surface area contributed by atoms with Crippen LogP contribution in [0.15, 0.2) is 58.1 Å². The Morgan fingerprint density at radius 1 is 1.22 bits per heavy atom. The molecule has 1 N–H and O–H groups in total. The van der Waals surface area contributed by atoms with Gasteiger partial charge in [0.1, 0.15) is 12.4 Å². The van der Waals surface area contributed by atoms with Gasteiger partial charge in [-0.2, -0.15) is 22.9 Å². The summed E-state index contributed by atoms with van der Waals surface area (Å²) in [6.07, 6.45) is -3.41. The third-order valence-electron chi connectivity index (χ3n) is 3.40. The summed E-state index contributed by atoms with van der Waals surface area (Å²) in [6.45, 7) is 0.360. The van der Waals surface area contributed by atoms with E-state index in [0.29, 0.717) is 22.6 Å². The first-order valence-corrected chi connectivity index (χ1v) is 8.79. The molecule has 0 radical (unpaired) electrons. The number of nitrogens with zero attached hydrogens (tertiary/aromatic N) is 3. The van der Waals surface area contributed by atoms with Crippen LogP contribution in [0.3, 0.4) is 0 Å². The van der Waals surface area contributed by atoms with E-state index in [1.807, 2.05) is 24.3 Å². The zero-order valence-electron chi connectivity index (χ0n) is 13.6. The van der Waals surface area contributed by atoms with Crippen molar-refractivity contribution in [1.82, 2.24) is 14.9 Å². The van der Waals surface area contributed by atoms with Crippen molar-refractivity contribution >= 4 is 34.4 Å². The standard InChI is InChI=1S/C17H12BrF3N4OS/c18-13-6-4-11(5-7-13)10-26-14-3-1-2-12(8-14)9-22-25-15(17(19,20)21)23-24-16(25)27/h1-9H,10H2,(H,24,27)/b22-9+. The van der Waals surface area contributed by atoms with E-state index < -0.39 is 12.0 Å². The van der Waals surface area contributed by atoms with Crippen LogP contribution in [0.4, 0.5) is 13.2 Å². The molecule has 1 heterocycles. The van der Waals surface area contributed by atoms with Crippen molar-refractivity contribution < 1.29 is 17.9 Å². The topological polar surface area (TPSA) is 55.2 Å². The van der Waals surface area contributed by atoms with E-state index in [4.69, 9.17) is 17.0 Å². The number of aromatic amines is 1. The van der Waals surface area contributed by atoms with E-state index in [0.717, 1.165) is 10.0 Å². The summed E-state index contributed by atoms with van der Waals surface area (Å²) < 4.78 is 45.6. The second-order valence-corrected chi connectivity index (χ2v) is 6.70. The average Bonchev–Trinajstić information content (AvgIpc) is 3.01. The molecule has 0 aliphatic heterocycles. The second kappa shape index (κ2) is 8.05. The second-order valence-electron chi connectivity index (χ2n) is 5.39. The Balaban J connectivity index is 1.74. The fourth-order valence-corrected chi connectivity index (χ4v) is 2.58. The number of hydrogen-bond donors (Lipinski definition) is 1. The number of ether oxygens (including phenoxy) is 1. The van der Waals surface area contributed by atoms with E-state index in [1.165, 1.54) is 6.21 Å². The molecule has 5 nitrogen and oxygen atoms in total. The lowest BCUT2D eigenvalue weighted by Crippen LogP contribution is -2.12. The van der Waals surface area contributed by atoms with E-state index >= 15 is 0 Å². The number of aromatic nitrogens is 3. The number of rotatable bonds is 5. The Labute approximate surface area is 165 Å². The van der Waals surface area contributed by atoms with Crippen LogP contribution in [-0.2, 0) is 12.8 Å². The van der Waals surface area contributed by atoms with E-state index in [1.54, 1.807) is 24.3 Å². The molecule has 0 saturated heterocycles. The van der Waals surface area contributed by atoms with Gasteiger partial charge in [0, 0.05) is 4.47 Å². The first-order chi connectivity index (χ1) is 12.8. The van der Waals surface area contributed by atoms with Crippen molar-refractivity contribution in [2.75, 3.05) is 0 Å². The molecule has 2 aromatic carbocycles. The molecule has 3 rings (SSSR count). The average molecular weight is 457 g/mol. The molecule has 10 heteroatoms. The van der Waals surface area contributed by atoms with Crippen LogP contribution in [0.1, 0.15) is 17.0 Å². The van der Waals surface area contributed by atoms with Gasteiger partial charge in [0.05, 0.1) is 6.21 Å². The van der Waals surface area contributed by atoms with Gasteiger partial charge < -0.3 is 4.74 Å². The number of nitrogens with one attached hydrogen (secondary N) is 1. The largest absolute Gasteiger partial charge is 0.489 e. The lowest BCUT2D eigenvalue weighted by Gasteiger charge is -2.07. The minimum absolute atomic E-state index is 0.249. The highest BCUT2D eigenvalue weighted by atomic mass is 79.9. The quantitative estimate of drug-likeness (QED) is 0.424. The van der Waals surface area contributed by atoms with Crippen LogP contribution in [0.2, 0.25) is 0 Å². The van der Waals surface area contributed by atoms with Gasteiger partial charge in [0.2, 0.25) is 4.77 Å². The minimum Gasteiger partial charge on any atom is -0.489 e. The van der Waals surface area contributed by atoms with Crippen molar-refractivity contribution in [1.29, 1.82) is 0 Å². The Kier molecular flexibility index (Phi) is 5.76. The van der Waals surface area contributed by atoms with Gasteiger partial charge >= 0.3 is 6.18 Å². The van der Waals surface area contributed by atoms with Gasteiger partial charge in [-0.3, -0.25) is 0 Å². The van der Waals surface area contributed by atoms with E-state index in [9.17, 15) is 13.2 Å². The summed E-state index contributed by atoms with van der Waals surface area (Å²) in [5.74, 6) is -0.653. The summed E-state index contributed by atoms with van der Waals surface area (Å²) in [6, 6.07) is 14.5. The molecule has 1 aromatic heterocycles. The van der Waals surface area contributed by atoms with Crippen molar-refractivity contribution in [3.05, 3.63) is 74.7 Å². The first kappa shape index (κ1) is 19.3. The molecule has 0 aliphatic carbocycles. The Bertz CT molecular complexity index is 1010. The van der Waals surface area contributed by atoms with Crippen LogP contribution in [0.5, 0.6) is 5.75 Å². The minimum atomic E-state index is -4.67. The summed E-state index contributed by atoms with van der Waals surface area (Å²) in [5.41, 5.74) is 1.54. The van der Waals surface area contributed by atoms with Crippen LogP contribution in [0.25, 0.3) is 0 Å². The van der Waals surface area contributed by atoms with Gasteiger partial charge in [-0.25, -0.2) is 5.10 Å².